The first-order valence-electron chi connectivity index (χ1n) is 4.34. The second kappa shape index (κ2) is 2.73. The first kappa shape index (κ1) is 7.53. The molecule has 2 rings (SSSR count). The van der Waals surface area contributed by atoms with Gasteiger partial charge in [0, 0.05) is 0 Å². The molecule has 64 valence electrons. The molecule has 1 saturated carbocycles. The molecule has 3 heteroatoms. The van der Waals surface area contributed by atoms with Gasteiger partial charge in [-0.05, 0) is 37.8 Å². The van der Waals surface area contributed by atoms with Gasteiger partial charge in [-0.1, -0.05) is 0 Å². The molecule has 1 saturated heterocycles. The van der Waals surface area contributed by atoms with E-state index in [0.29, 0.717) is 11.8 Å². The van der Waals surface area contributed by atoms with E-state index in [-0.39, 0.29) is 0 Å². The predicted molar refractivity (Wildman–Crippen MR) is 41.1 cm³/mol. The highest BCUT2D eigenvalue weighted by Gasteiger charge is 2.37. The number of nitrogens with one attached hydrogen (secondary N) is 1. The molecule has 3 nitrogen and oxygen atoms in total. The van der Waals surface area contributed by atoms with Gasteiger partial charge in [0.2, 0.25) is 0 Å². The minimum atomic E-state index is -0.476. The van der Waals surface area contributed by atoms with Crippen molar-refractivity contribution >= 4 is 0 Å². The molecule has 1 aliphatic heterocycles. The Labute approximate surface area is 66.4 Å². The van der Waals surface area contributed by atoms with E-state index in [1.807, 2.05) is 0 Å². The highest BCUT2D eigenvalue weighted by molar-refractivity contribution is 4.91. The Hall–Kier alpha value is -0.120. The molecule has 2 fully saturated rings. The molecule has 0 aromatic carbocycles. The minimum Gasteiger partial charge on any atom is -0.390 e. The second-order valence-electron chi connectivity index (χ2n) is 3.78. The summed E-state index contributed by atoms with van der Waals surface area (Å²) in [6.45, 7) is 2.04. The zero-order valence-corrected chi connectivity index (χ0v) is 6.53. The van der Waals surface area contributed by atoms with Crippen molar-refractivity contribution < 1.29 is 10.2 Å². The van der Waals surface area contributed by atoms with Crippen molar-refractivity contribution in [3.05, 3.63) is 0 Å². The lowest BCUT2D eigenvalue weighted by Gasteiger charge is -2.32. The molecule has 0 radical (unpaired) electrons. The molecule has 0 unspecified atom stereocenters. The predicted octanol–water partition coefficient (Wildman–Crippen LogP) is -0.662. The molecular weight excluding hydrogens is 142 g/mol. The van der Waals surface area contributed by atoms with Gasteiger partial charge in [-0.3, -0.25) is 0 Å². The molecule has 3 N–H and O–H groups in total. The van der Waals surface area contributed by atoms with Gasteiger partial charge in [0.15, 0.2) is 0 Å². The van der Waals surface area contributed by atoms with Gasteiger partial charge >= 0.3 is 0 Å². The van der Waals surface area contributed by atoms with Crippen LogP contribution in [-0.2, 0) is 0 Å². The third kappa shape index (κ3) is 1.28. The molecule has 0 aromatic rings. The smallest absolute Gasteiger partial charge is 0.0802 e. The van der Waals surface area contributed by atoms with E-state index >= 15 is 0 Å². The van der Waals surface area contributed by atoms with Crippen LogP contribution in [0.3, 0.4) is 0 Å². The molecule has 1 heterocycles. The van der Waals surface area contributed by atoms with Crippen molar-refractivity contribution in [3.8, 4) is 0 Å². The Balaban J connectivity index is 2.00. The van der Waals surface area contributed by atoms with Crippen molar-refractivity contribution in [2.45, 2.75) is 25.0 Å². The summed E-state index contributed by atoms with van der Waals surface area (Å²) >= 11 is 0. The summed E-state index contributed by atoms with van der Waals surface area (Å²) in [4.78, 5) is 0. The van der Waals surface area contributed by atoms with Gasteiger partial charge in [0.1, 0.15) is 0 Å². The van der Waals surface area contributed by atoms with Crippen LogP contribution in [0.15, 0.2) is 0 Å². The molecule has 2 aliphatic rings. The zero-order valence-electron chi connectivity index (χ0n) is 6.53. The third-order valence-corrected chi connectivity index (χ3v) is 3.01. The summed E-state index contributed by atoms with van der Waals surface area (Å²) in [6.07, 6.45) is 0.602. The van der Waals surface area contributed by atoms with E-state index in [4.69, 9.17) is 0 Å². The molecule has 0 spiro atoms. The largest absolute Gasteiger partial charge is 0.390 e. The third-order valence-electron chi connectivity index (χ3n) is 3.01. The van der Waals surface area contributed by atoms with Gasteiger partial charge in [0.25, 0.3) is 0 Å². The molecule has 0 amide bonds. The highest BCUT2D eigenvalue weighted by atomic mass is 16.3. The average molecular weight is 157 g/mol. The number of aliphatic hydroxyl groups is 2. The molecule has 0 bridgehead atoms. The van der Waals surface area contributed by atoms with Crippen LogP contribution in [0, 0.1) is 11.8 Å². The number of fused-ring (bicyclic) bond motifs is 1. The first-order chi connectivity index (χ1) is 5.27. The lowest BCUT2D eigenvalue weighted by molar-refractivity contribution is -0.0372. The highest BCUT2D eigenvalue weighted by Crippen LogP contribution is 2.32. The monoisotopic (exact) mass is 157 g/mol. The lowest BCUT2D eigenvalue weighted by Crippen LogP contribution is -2.38. The van der Waals surface area contributed by atoms with Crippen LogP contribution in [0.5, 0.6) is 0 Å². The summed E-state index contributed by atoms with van der Waals surface area (Å²) in [6, 6.07) is 0. The van der Waals surface area contributed by atoms with Crippen molar-refractivity contribution in [2.24, 2.45) is 11.8 Å². The summed E-state index contributed by atoms with van der Waals surface area (Å²) in [5.74, 6) is 1.21. The summed E-state index contributed by atoms with van der Waals surface area (Å²) in [7, 11) is 0. The maximum absolute atomic E-state index is 9.35. The van der Waals surface area contributed by atoms with Gasteiger partial charge in [-0.15, -0.1) is 0 Å². The fourth-order valence-corrected chi connectivity index (χ4v) is 2.27. The van der Waals surface area contributed by atoms with Crippen LogP contribution in [0.4, 0.5) is 0 Å². The summed E-state index contributed by atoms with van der Waals surface area (Å²) < 4.78 is 0. The number of hydrogen-bond donors (Lipinski definition) is 3. The topological polar surface area (TPSA) is 52.5 Å². The zero-order chi connectivity index (χ0) is 7.84. The Morgan fingerprint density at radius 1 is 0.909 bits per heavy atom. The van der Waals surface area contributed by atoms with E-state index in [2.05, 4.69) is 5.32 Å². The van der Waals surface area contributed by atoms with Crippen LogP contribution in [0.2, 0.25) is 0 Å². The maximum Gasteiger partial charge on any atom is 0.0802 e. The van der Waals surface area contributed by atoms with Crippen LogP contribution in [0.25, 0.3) is 0 Å². The Bertz CT molecular complexity index is 135. The minimum absolute atomic E-state index is 0.476. The second-order valence-corrected chi connectivity index (χ2v) is 3.78. The first-order valence-corrected chi connectivity index (χ1v) is 4.34. The fourth-order valence-electron chi connectivity index (χ4n) is 2.27. The van der Waals surface area contributed by atoms with Gasteiger partial charge in [-0.2, -0.15) is 0 Å². The lowest BCUT2D eigenvalue weighted by atomic mass is 9.79. The summed E-state index contributed by atoms with van der Waals surface area (Å²) in [5, 5.41) is 22.0. The average Bonchev–Trinajstić information content (AvgIpc) is 2.36. The van der Waals surface area contributed by atoms with Crippen LogP contribution in [0.1, 0.15) is 12.8 Å². The quantitative estimate of drug-likeness (QED) is 0.437. The number of rotatable bonds is 0. The molecular formula is C8H15NO2. The molecule has 1 aliphatic carbocycles. The van der Waals surface area contributed by atoms with E-state index in [1.54, 1.807) is 0 Å². The molecule has 11 heavy (non-hydrogen) atoms. The van der Waals surface area contributed by atoms with Crippen LogP contribution < -0.4 is 5.32 Å². The van der Waals surface area contributed by atoms with E-state index in [1.165, 1.54) is 0 Å². The SMILES string of the molecule is O[C@@H]1C[C@H]2CNC[C@H]2C[C@@H]1O. The molecule has 0 aromatic heterocycles. The van der Waals surface area contributed by atoms with Gasteiger partial charge < -0.3 is 15.5 Å². The van der Waals surface area contributed by atoms with E-state index < -0.39 is 12.2 Å². The van der Waals surface area contributed by atoms with Gasteiger partial charge in [-0.25, -0.2) is 0 Å². The normalized spacial score (nSPS) is 50.7. The van der Waals surface area contributed by atoms with Gasteiger partial charge in [0.05, 0.1) is 12.2 Å². The standard InChI is InChI=1S/C8H15NO2/c10-7-1-5-3-9-4-6(5)2-8(7)11/h5-11H,1-4H2/t5-,6+,7+,8-. The van der Waals surface area contributed by atoms with Crippen molar-refractivity contribution in [1.82, 2.24) is 5.32 Å². The van der Waals surface area contributed by atoms with Crippen molar-refractivity contribution in [3.63, 3.8) is 0 Å². The van der Waals surface area contributed by atoms with E-state index in [0.717, 1.165) is 25.9 Å². The fraction of sp³-hybridized carbons (Fsp3) is 1.00. The Kier molecular flexibility index (Phi) is 1.87. The Morgan fingerprint density at radius 3 is 1.82 bits per heavy atom. The van der Waals surface area contributed by atoms with Crippen LogP contribution in [-0.4, -0.2) is 35.5 Å². The summed E-state index contributed by atoms with van der Waals surface area (Å²) in [5.41, 5.74) is 0. The van der Waals surface area contributed by atoms with Crippen molar-refractivity contribution in [2.75, 3.05) is 13.1 Å². The van der Waals surface area contributed by atoms with Crippen molar-refractivity contribution in [1.29, 1.82) is 0 Å². The number of aliphatic hydroxyl groups excluding tert-OH is 2. The van der Waals surface area contributed by atoms with E-state index in [9.17, 15) is 10.2 Å². The number of hydrogen-bond acceptors (Lipinski definition) is 3. The molecule has 4 atom stereocenters. The maximum atomic E-state index is 9.35. The van der Waals surface area contributed by atoms with Crippen LogP contribution >= 0.6 is 0 Å². The Morgan fingerprint density at radius 2 is 1.36 bits per heavy atom.